The second kappa shape index (κ2) is 7.95. The molecular formula is C20H29BF2N2O4. The molecular weight excluding hydrogens is 381 g/mol. The minimum absolute atomic E-state index is 0.0245. The van der Waals surface area contributed by atoms with Crippen LogP contribution in [0, 0.1) is 11.6 Å². The van der Waals surface area contributed by atoms with Gasteiger partial charge in [0.25, 0.3) is 0 Å². The first-order valence-corrected chi connectivity index (χ1v) is 9.39. The van der Waals surface area contributed by atoms with Crippen LogP contribution in [0.1, 0.15) is 54.0 Å². The summed E-state index contributed by atoms with van der Waals surface area (Å²) in [5.41, 5.74) is 4.17. The minimum atomic E-state index is -0.871. The summed E-state index contributed by atoms with van der Waals surface area (Å²) in [5.74, 6) is -1.64. The van der Waals surface area contributed by atoms with Crippen molar-refractivity contribution in [3.63, 3.8) is 0 Å². The third-order valence-electron chi connectivity index (χ3n) is 4.86. The van der Waals surface area contributed by atoms with Gasteiger partial charge in [-0.3, -0.25) is 0 Å². The van der Waals surface area contributed by atoms with E-state index in [4.69, 9.17) is 19.8 Å². The van der Waals surface area contributed by atoms with Crippen molar-refractivity contribution in [3.05, 3.63) is 34.8 Å². The third-order valence-corrected chi connectivity index (χ3v) is 4.86. The number of hydrogen-bond donors (Lipinski definition) is 2. The Morgan fingerprint density at radius 3 is 2.28 bits per heavy atom. The molecule has 3 N–H and O–H groups in total. The quantitative estimate of drug-likeness (QED) is 0.577. The van der Waals surface area contributed by atoms with Gasteiger partial charge in [-0.05, 0) is 60.0 Å². The number of carbonyl (C=O) groups is 1. The number of nitrogen functional groups attached to an aromatic ring is 1. The fraction of sp³-hybridized carbons (Fsp3) is 0.550. The number of nitrogens with two attached hydrogens (primary N) is 1. The Balaban J connectivity index is 2.35. The van der Waals surface area contributed by atoms with Gasteiger partial charge >= 0.3 is 13.2 Å². The molecule has 0 atom stereocenters. The summed E-state index contributed by atoms with van der Waals surface area (Å²) in [6, 6.07) is 1.82. The van der Waals surface area contributed by atoms with Crippen LogP contribution in [0.5, 0.6) is 0 Å². The van der Waals surface area contributed by atoms with Gasteiger partial charge in [0, 0.05) is 18.2 Å². The number of benzene rings is 1. The van der Waals surface area contributed by atoms with Gasteiger partial charge in [-0.15, -0.1) is 0 Å². The van der Waals surface area contributed by atoms with Gasteiger partial charge < -0.3 is 25.1 Å². The molecule has 1 amide bonds. The molecule has 1 aromatic carbocycles. The van der Waals surface area contributed by atoms with Gasteiger partial charge in [0.05, 0.1) is 16.9 Å². The highest BCUT2D eigenvalue weighted by atomic mass is 19.1. The first-order chi connectivity index (χ1) is 13.1. The lowest BCUT2D eigenvalue weighted by molar-refractivity contribution is 0.00578. The van der Waals surface area contributed by atoms with Gasteiger partial charge in [-0.2, -0.15) is 0 Å². The summed E-state index contributed by atoms with van der Waals surface area (Å²) in [6.45, 7) is 12.7. The molecule has 0 aromatic heterocycles. The van der Waals surface area contributed by atoms with E-state index in [1.807, 2.05) is 27.7 Å². The predicted octanol–water partition coefficient (Wildman–Crippen LogP) is 4.09. The maximum Gasteiger partial charge on any atom is 0.492 e. The second-order valence-corrected chi connectivity index (χ2v) is 9.05. The minimum Gasteiger partial charge on any atom is -0.444 e. The van der Waals surface area contributed by atoms with Gasteiger partial charge in [0.15, 0.2) is 0 Å². The van der Waals surface area contributed by atoms with Crippen LogP contribution in [0.4, 0.5) is 19.3 Å². The first kappa shape index (κ1) is 23.2. The number of amides is 1. The zero-order valence-corrected chi connectivity index (χ0v) is 18.0. The topological polar surface area (TPSA) is 82.8 Å². The summed E-state index contributed by atoms with van der Waals surface area (Å²) >= 11 is 0. The van der Waals surface area contributed by atoms with Gasteiger partial charge in [0.1, 0.15) is 17.2 Å². The maximum atomic E-state index is 13.9. The van der Waals surface area contributed by atoms with E-state index < -0.39 is 41.6 Å². The van der Waals surface area contributed by atoms with Crippen molar-refractivity contribution in [2.45, 2.75) is 65.3 Å². The highest BCUT2D eigenvalue weighted by Gasteiger charge is 2.52. The first-order valence-electron chi connectivity index (χ1n) is 9.39. The van der Waals surface area contributed by atoms with Crippen molar-refractivity contribution in [1.82, 2.24) is 5.32 Å². The Hall–Kier alpha value is -2.13. The lowest BCUT2D eigenvalue weighted by Crippen LogP contribution is -2.41. The average Bonchev–Trinajstić information content (AvgIpc) is 2.74. The normalized spacial score (nSPS) is 18.7. The number of carbonyl (C=O) groups excluding carboxylic acids is 1. The highest BCUT2D eigenvalue weighted by molar-refractivity contribution is 6.56. The molecule has 1 fully saturated rings. The van der Waals surface area contributed by atoms with Crippen LogP contribution in [-0.2, 0) is 14.0 Å². The molecule has 2 rings (SSSR count). The molecule has 1 aliphatic heterocycles. The van der Waals surface area contributed by atoms with Crippen molar-refractivity contribution in [2.75, 3.05) is 12.3 Å². The van der Waals surface area contributed by atoms with E-state index in [0.29, 0.717) is 11.5 Å². The van der Waals surface area contributed by atoms with Crippen LogP contribution in [0.25, 0.3) is 6.08 Å². The van der Waals surface area contributed by atoms with Crippen LogP contribution < -0.4 is 11.1 Å². The summed E-state index contributed by atoms with van der Waals surface area (Å²) in [7, 11) is -0.847. The zero-order chi connectivity index (χ0) is 22.2. The fourth-order valence-corrected chi connectivity index (χ4v) is 2.61. The second-order valence-electron chi connectivity index (χ2n) is 9.05. The van der Waals surface area contributed by atoms with Crippen LogP contribution in [0.3, 0.4) is 0 Å². The summed E-state index contributed by atoms with van der Waals surface area (Å²) in [5, 5.41) is 2.62. The van der Waals surface area contributed by atoms with Crippen LogP contribution >= 0.6 is 0 Å². The van der Waals surface area contributed by atoms with E-state index >= 15 is 0 Å². The lowest BCUT2D eigenvalue weighted by Gasteiger charge is -2.32. The van der Waals surface area contributed by atoms with E-state index in [9.17, 15) is 13.6 Å². The maximum absolute atomic E-state index is 13.9. The lowest BCUT2D eigenvalue weighted by atomic mass is 9.77. The van der Waals surface area contributed by atoms with Crippen LogP contribution in [0.15, 0.2) is 17.6 Å². The standard InChI is InChI=1S/C20H29BF2N2O4/c1-18(2,3)27-17(26)25-11-13(21-28-19(4,5)20(6,7)29-21)8-12-9-14(22)10-15(23)16(12)24/h8-10H,11,24H2,1-7H3,(H,25,26). The van der Waals surface area contributed by atoms with Crippen molar-refractivity contribution in [1.29, 1.82) is 0 Å². The fourth-order valence-electron chi connectivity index (χ4n) is 2.61. The largest absolute Gasteiger partial charge is 0.492 e. The molecule has 160 valence electrons. The predicted molar refractivity (Wildman–Crippen MR) is 109 cm³/mol. The summed E-state index contributed by atoms with van der Waals surface area (Å²) in [6.07, 6.45) is 0.819. The number of nitrogens with one attached hydrogen (secondary N) is 1. The molecule has 0 aliphatic carbocycles. The number of anilines is 1. The molecule has 1 heterocycles. The van der Waals surface area contributed by atoms with Gasteiger partial charge in [-0.25, -0.2) is 13.6 Å². The highest BCUT2D eigenvalue weighted by Crippen LogP contribution is 2.39. The van der Waals surface area contributed by atoms with E-state index in [-0.39, 0.29) is 17.8 Å². The Morgan fingerprint density at radius 1 is 1.21 bits per heavy atom. The molecule has 0 unspecified atom stereocenters. The molecule has 0 saturated carbocycles. The number of alkyl carbamates (subject to hydrolysis) is 1. The van der Waals surface area contributed by atoms with Crippen LogP contribution in [-0.4, -0.2) is 36.6 Å². The van der Waals surface area contributed by atoms with Crippen molar-refractivity contribution in [2.24, 2.45) is 0 Å². The van der Waals surface area contributed by atoms with E-state index in [1.165, 1.54) is 6.08 Å². The SMILES string of the molecule is CC(C)(C)OC(=O)NCC(=Cc1cc(F)cc(F)c1N)B1OC(C)(C)C(C)(C)O1. The Bertz CT molecular complexity index is 803. The molecule has 6 nitrogen and oxygen atoms in total. The van der Waals surface area contributed by atoms with E-state index in [1.54, 1.807) is 20.8 Å². The molecule has 0 bridgehead atoms. The van der Waals surface area contributed by atoms with Crippen molar-refractivity contribution >= 4 is 25.0 Å². The Kier molecular flexibility index (Phi) is 6.35. The Morgan fingerprint density at radius 2 is 1.76 bits per heavy atom. The molecule has 1 saturated heterocycles. The summed E-state index contributed by atoms with van der Waals surface area (Å²) in [4.78, 5) is 12.1. The smallest absolute Gasteiger partial charge is 0.444 e. The Labute approximate surface area is 170 Å². The number of halogens is 2. The van der Waals surface area contributed by atoms with E-state index in [2.05, 4.69) is 5.32 Å². The van der Waals surface area contributed by atoms with Gasteiger partial charge in [-0.1, -0.05) is 6.08 Å². The van der Waals surface area contributed by atoms with Crippen molar-refractivity contribution in [3.8, 4) is 0 Å². The monoisotopic (exact) mass is 410 g/mol. The molecule has 0 radical (unpaired) electrons. The van der Waals surface area contributed by atoms with Crippen LogP contribution in [0.2, 0.25) is 0 Å². The molecule has 29 heavy (non-hydrogen) atoms. The number of rotatable bonds is 4. The summed E-state index contributed by atoms with van der Waals surface area (Å²) < 4.78 is 44.9. The molecule has 1 aromatic rings. The molecule has 9 heteroatoms. The number of hydrogen-bond acceptors (Lipinski definition) is 5. The zero-order valence-electron chi connectivity index (χ0n) is 18.0. The molecule has 0 spiro atoms. The number of ether oxygens (including phenoxy) is 1. The van der Waals surface area contributed by atoms with E-state index in [0.717, 1.165) is 6.07 Å². The average molecular weight is 410 g/mol. The van der Waals surface area contributed by atoms with Gasteiger partial charge in [0.2, 0.25) is 0 Å². The third kappa shape index (κ3) is 5.70. The molecule has 1 aliphatic rings. The van der Waals surface area contributed by atoms with Crippen molar-refractivity contribution < 1.29 is 27.6 Å².